The van der Waals surface area contributed by atoms with Gasteiger partial charge in [0, 0.05) is 51.0 Å². The smallest absolute Gasteiger partial charge is 0.303 e. The number of hydrogen-bond donors (Lipinski definition) is 2. The number of fused-ring (bicyclic) bond motifs is 1. The Labute approximate surface area is 191 Å². The number of alkyl halides is 2. The van der Waals surface area contributed by atoms with Crippen molar-refractivity contribution in [3.63, 3.8) is 0 Å². The Bertz CT molecular complexity index is 1120. The van der Waals surface area contributed by atoms with E-state index in [0.29, 0.717) is 23.4 Å². The van der Waals surface area contributed by atoms with E-state index in [1.165, 1.54) is 11.6 Å². The zero-order valence-corrected chi connectivity index (χ0v) is 19.6. The van der Waals surface area contributed by atoms with Gasteiger partial charge in [0.05, 0.1) is 10.9 Å². The molecule has 0 saturated carbocycles. The van der Waals surface area contributed by atoms with Gasteiger partial charge in [0.1, 0.15) is 5.82 Å². The lowest BCUT2D eigenvalue weighted by Gasteiger charge is -2.14. The largest absolute Gasteiger partial charge is 0.355 e. The number of carbonyl (C=O) groups excluding carboxylic acids is 1. The lowest BCUT2D eigenvalue weighted by Crippen LogP contribution is -2.19. The van der Waals surface area contributed by atoms with E-state index in [1.807, 2.05) is 21.0 Å². The maximum absolute atomic E-state index is 14.0. The molecule has 1 fully saturated rings. The maximum atomic E-state index is 14.0. The van der Waals surface area contributed by atoms with Crippen LogP contribution in [0.3, 0.4) is 0 Å². The number of aromatic nitrogens is 5. The summed E-state index contributed by atoms with van der Waals surface area (Å²) in [5.74, 6) is -2.63. The zero-order valence-electron chi connectivity index (χ0n) is 19.6. The van der Waals surface area contributed by atoms with E-state index < -0.39 is 11.7 Å². The number of aryl methyl sites for hydroxylation is 1. The topological polar surface area (TPSA) is 101 Å². The van der Waals surface area contributed by atoms with Crippen molar-refractivity contribution < 1.29 is 13.6 Å². The molecule has 4 rings (SSSR count). The van der Waals surface area contributed by atoms with Crippen LogP contribution in [-0.4, -0.2) is 57.8 Å². The number of nitrogens with zero attached hydrogens (tertiary/aromatic N) is 6. The van der Waals surface area contributed by atoms with Gasteiger partial charge in [-0.3, -0.25) is 4.79 Å². The van der Waals surface area contributed by atoms with Crippen LogP contribution in [0.25, 0.3) is 16.7 Å². The number of pyridine rings is 1. The summed E-state index contributed by atoms with van der Waals surface area (Å²) in [6, 6.07) is 3.34. The fraction of sp³-hybridized carbons (Fsp3) is 0.500. The van der Waals surface area contributed by atoms with Gasteiger partial charge < -0.3 is 15.5 Å². The molecule has 0 unspecified atom stereocenters. The van der Waals surface area contributed by atoms with Crippen LogP contribution in [0.1, 0.15) is 45.1 Å². The minimum absolute atomic E-state index is 0.254. The number of anilines is 2. The molecule has 4 heterocycles. The van der Waals surface area contributed by atoms with Gasteiger partial charge in [-0.15, -0.1) is 5.10 Å². The third kappa shape index (κ3) is 5.59. The molecule has 0 radical (unpaired) electrons. The summed E-state index contributed by atoms with van der Waals surface area (Å²) in [6.07, 6.45) is 4.25. The van der Waals surface area contributed by atoms with Crippen molar-refractivity contribution >= 4 is 28.4 Å². The van der Waals surface area contributed by atoms with Gasteiger partial charge in [0.25, 0.3) is 0 Å². The highest BCUT2D eigenvalue weighted by atomic mass is 19.3. The number of hydrogen-bond acceptors (Lipinski definition) is 7. The van der Waals surface area contributed by atoms with Crippen LogP contribution in [0.2, 0.25) is 0 Å². The third-order valence-electron chi connectivity index (χ3n) is 4.99. The predicted molar refractivity (Wildman–Crippen MR) is 124 cm³/mol. The normalized spacial score (nSPS) is 13.7. The van der Waals surface area contributed by atoms with Gasteiger partial charge in [0.2, 0.25) is 11.7 Å². The molecule has 2 N–H and O–H groups in total. The Morgan fingerprint density at radius 2 is 1.85 bits per heavy atom. The SMILES string of the molecule is CCc1cc(-n2nc(N3CCCC3)c3cnc(NC(C)=O)cc32)nc(C(C)(F)F)n1.CNC. The van der Waals surface area contributed by atoms with Crippen molar-refractivity contribution in [2.24, 2.45) is 0 Å². The van der Waals surface area contributed by atoms with E-state index in [1.54, 1.807) is 18.3 Å². The summed E-state index contributed by atoms with van der Waals surface area (Å²) in [4.78, 5) is 26.0. The predicted octanol–water partition coefficient (Wildman–Crippen LogP) is 3.28. The molecular weight excluding hydrogens is 430 g/mol. The van der Waals surface area contributed by atoms with Crippen LogP contribution < -0.4 is 15.5 Å². The van der Waals surface area contributed by atoms with E-state index in [2.05, 4.69) is 30.5 Å². The minimum atomic E-state index is -3.18. The molecule has 178 valence electrons. The van der Waals surface area contributed by atoms with E-state index in [9.17, 15) is 13.6 Å². The van der Waals surface area contributed by atoms with E-state index in [0.717, 1.165) is 44.1 Å². The molecule has 9 nitrogen and oxygen atoms in total. The second-order valence-electron chi connectivity index (χ2n) is 7.98. The lowest BCUT2D eigenvalue weighted by atomic mass is 10.2. The van der Waals surface area contributed by atoms with Crippen LogP contribution in [0, 0.1) is 0 Å². The van der Waals surface area contributed by atoms with Gasteiger partial charge in [0.15, 0.2) is 11.6 Å². The zero-order chi connectivity index (χ0) is 24.2. The molecule has 1 aliphatic rings. The Morgan fingerprint density at radius 1 is 1.18 bits per heavy atom. The van der Waals surface area contributed by atoms with Gasteiger partial charge in [-0.1, -0.05) is 6.92 Å². The number of nitrogens with one attached hydrogen (secondary N) is 2. The minimum Gasteiger partial charge on any atom is -0.355 e. The Balaban J connectivity index is 0.000000968. The van der Waals surface area contributed by atoms with Gasteiger partial charge in [-0.2, -0.15) is 8.78 Å². The lowest BCUT2D eigenvalue weighted by molar-refractivity contribution is -0.114. The summed E-state index contributed by atoms with van der Waals surface area (Å²) in [7, 11) is 3.75. The van der Waals surface area contributed by atoms with Crippen LogP contribution in [0.4, 0.5) is 20.4 Å². The fourth-order valence-electron chi connectivity index (χ4n) is 3.55. The molecule has 0 spiro atoms. The molecule has 0 aliphatic carbocycles. The highest BCUT2D eigenvalue weighted by Gasteiger charge is 2.30. The Morgan fingerprint density at radius 3 is 2.42 bits per heavy atom. The summed E-state index contributed by atoms with van der Waals surface area (Å²) >= 11 is 0. The van der Waals surface area contributed by atoms with E-state index in [4.69, 9.17) is 5.10 Å². The van der Waals surface area contributed by atoms with Crippen molar-refractivity contribution in [3.05, 3.63) is 29.8 Å². The molecular formula is C22H30F2N8O. The average molecular weight is 461 g/mol. The fourth-order valence-corrected chi connectivity index (χ4v) is 3.55. The molecule has 0 aromatic carbocycles. The highest BCUT2D eigenvalue weighted by Crippen LogP contribution is 2.32. The summed E-state index contributed by atoms with van der Waals surface area (Å²) in [5.41, 5.74) is 1.13. The van der Waals surface area contributed by atoms with Gasteiger partial charge in [-0.05, 0) is 33.4 Å². The van der Waals surface area contributed by atoms with Gasteiger partial charge in [-0.25, -0.2) is 19.6 Å². The number of rotatable bonds is 5. The Kier molecular flexibility index (Phi) is 7.52. The molecule has 1 saturated heterocycles. The molecule has 3 aromatic heterocycles. The number of carbonyl (C=O) groups is 1. The summed E-state index contributed by atoms with van der Waals surface area (Å²) in [5, 5.41) is 10.9. The van der Waals surface area contributed by atoms with Crippen LogP contribution in [0.5, 0.6) is 0 Å². The summed E-state index contributed by atoms with van der Waals surface area (Å²) in [6.45, 7) is 5.75. The maximum Gasteiger partial charge on any atom is 0.303 e. The first-order chi connectivity index (χ1) is 15.7. The van der Waals surface area contributed by atoms with Crippen LogP contribution >= 0.6 is 0 Å². The molecule has 0 atom stereocenters. The van der Waals surface area contributed by atoms with Crippen molar-refractivity contribution in [1.29, 1.82) is 0 Å². The number of halogens is 2. The first kappa shape index (κ1) is 24.4. The van der Waals surface area contributed by atoms with Crippen molar-refractivity contribution in [2.75, 3.05) is 37.4 Å². The standard InChI is InChI=1S/C20H23F2N7O.C2H7N/c1-4-13-9-17(26-19(25-13)20(3,21)22)29-15-10-16(24-12(2)30)23-11-14(15)18(27-29)28-7-5-6-8-28;1-3-2/h9-11H,4-8H2,1-3H3,(H,23,24,30);3H,1-2H3. The molecule has 11 heteroatoms. The van der Waals surface area contributed by atoms with E-state index >= 15 is 0 Å². The van der Waals surface area contributed by atoms with Crippen LogP contribution in [0.15, 0.2) is 18.3 Å². The second kappa shape index (κ2) is 10.2. The number of amides is 1. The first-order valence-electron chi connectivity index (χ1n) is 10.9. The quantitative estimate of drug-likeness (QED) is 0.603. The van der Waals surface area contributed by atoms with Crippen LogP contribution in [-0.2, 0) is 17.1 Å². The highest BCUT2D eigenvalue weighted by molar-refractivity contribution is 5.95. The molecule has 33 heavy (non-hydrogen) atoms. The molecule has 3 aromatic rings. The van der Waals surface area contributed by atoms with Crippen molar-refractivity contribution in [2.45, 2.75) is 46.0 Å². The van der Waals surface area contributed by atoms with E-state index in [-0.39, 0.29) is 11.7 Å². The second-order valence-corrected chi connectivity index (χ2v) is 7.98. The van der Waals surface area contributed by atoms with Gasteiger partial charge >= 0.3 is 5.92 Å². The summed E-state index contributed by atoms with van der Waals surface area (Å²) < 4.78 is 29.6. The third-order valence-corrected chi connectivity index (χ3v) is 4.99. The molecule has 0 bridgehead atoms. The Hall–Kier alpha value is -3.21. The molecule has 1 amide bonds. The molecule has 1 aliphatic heterocycles. The average Bonchev–Trinajstić information content (AvgIpc) is 3.40. The monoisotopic (exact) mass is 460 g/mol. The van der Waals surface area contributed by atoms with Crippen molar-refractivity contribution in [1.82, 2.24) is 30.0 Å². The first-order valence-corrected chi connectivity index (χ1v) is 10.9. The van der Waals surface area contributed by atoms with Crippen molar-refractivity contribution in [3.8, 4) is 5.82 Å².